The van der Waals surface area contributed by atoms with Gasteiger partial charge in [0, 0.05) is 11.0 Å². The minimum absolute atomic E-state index is 0.000323. The second kappa shape index (κ2) is 4.47. The molecule has 3 nitrogen and oxygen atoms in total. The van der Waals surface area contributed by atoms with E-state index in [0.29, 0.717) is 17.5 Å². The highest BCUT2D eigenvalue weighted by molar-refractivity contribution is 9.10. The zero-order valence-corrected chi connectivity index (χ0v) is 10.4. The zero-order chi connectivity index (χ0) is 10.1. The topological polar surface area (TPSA) is 44.5 Å². The smallest absolute Gasteiger partial charge is 0.193 e. The summed E-state index contributed by atoms with van der Waals surface area (Å²) in [5, 5.41) is 0. The number of ether oxygens (including phenoxy) is 2. The fourth-order valence-corrected chi connectivity index (χ4v) is 2.92. The molecule has 1 saturated heterocycles. The van der Waals surface area contributed by atoms with Gasteiger partial charge in [-0.3, -0.25) is 0 Å². The fourth-order valence-electron chi connectivity index (χ4n) is 1.20. The van der Waals surface area contributed by atoms with Gasteiger partial charge in [0.1, 0.15) is 4.34 Å². The Morgan fingerprint density at radius 3 is 3.00 bits per heavy atom. The molecule has 0 saturated carbocycles. The van der Waals surface area contributed by atoms with E-state index in [1.54, 1.807) is 0 Å². The van der Waals surface area contributed by atoms with E-state index in [4.69, 9.17) is 26.8 Å². The van der Waals surface area contributed by atoms with Crippen molar-refractivity contribution >= 4 is 38.9 Å². The molecule has 1 fully saturated rings. The van der Waals surface area contributed by atoms with Gasteiger partial charge in [0.15, 0.2) is 6.29 Å². The van der Waals surface area contributed by atoms with Gasteiger partial charge in [0.2, 0.25) is 0 Å². The van der Waals surface area contributed by atoms with E-state index in [2.05, 4.69) is 15.9 Å². The molecule has 1 aromatic heterocycles. The van der Waals surface area contributed by atoms with Crippen LogP contribution in [0.3, 0.4) is 0 Å². The van der Waals surface area contributed by atoms with Crippen molar-refractivity contribution in [3.8, 4) is 0 Å². The largest absolute Gasteiger partial charge is 0.345 e. The predicted molar refractivity (Wildman–Crippen MR) is 59.6 cm³/mol. The van der Waals surface area contributed by atoms with Gasteiger partial charge in [-0.15, -0.1) is 11.3 Å². The van der Waals surface area contributed by atoms with E-state index in [1.165, 1.54) is 11.3 Å². The van der Waals surface area contributed by atoms with Gasteiger partial charge in [-0.2, -0.15) is 0 Å². The third-order valence-corrected chi connectivity index (χ3v) is 4.41. The average Bonchev–Trinajstić information content (AvgIpc) is 2.74. The van der Waals surface area contributed by atoms with Crippen LogP contribution in [-0.4, -0.2) is 19.3 Å². The van der Waals surface area contributed by atoms with Gasteiger partial charge in [-0.05, 0) is 22.0 Å². The molecule has 2 unspecified atom stereocenters. The normalized spacial score (nSPS) is 27.1. The Morgan fingerprint density at radius 2 is 2.50 bits per heavy atom. The van der Waals surface area contributed by atoms with Crippen molar-refractivity contribution in [2.75, 3.05) is 13.2 Å². The summed E-state index contributed by atoms with van der Waals surface area (Å²) in [4.78, 5) is 0.970. The predicted octanol–water partition coefficient (Wildman–Crippen LogP) is 2.54. The Balaban J connectivity index is 2.09. The maximum atomic E-state index is 5.91. The third-order valence-electron chi connectivity index (χ3n) is 1.91. The Hall–Kier alpha value is 0.350. The first-order valence-corrected chi connectivity index (χ1v) is 6.11. The number of rotatable bonds is 2. The number of nitrogens with two attached hydrogens (primary N) is 1. The van der Waals surface area contributed by atoms with Crippen molar-refractivity contribution in [2.45, 2.75) is 12.4 Å². The summed E-state index contributed by atoms with van der Waals surface area (Å²) in [6.07, 6.45) is -0.308. The van der Waals surface area contributed by atoms with Gasteiger partial charge >= 0.3 is 0 Å². The fraction of sp³-hybridized carbons (Fsp3) is 0.500. The first-order chi connectivity index (χ1) is 6.70. The highest BCUT2D eigenvalue weighted by Crippen LogP contribution is 2.38. The summed E-state index contributed by atoms with van der Waals surface area (Å²) in [5.74, 6) is 0. The van der Waals surface area contributed by atoms with Crippen LogP contribution in [0.15, 0.2) is 10.5 Å². The highest BCUT2D eigenvalue weighted by atomic mass is 79.9. The molecule has 2 heterocycles. The van der Waals surface area contributed by atoms with E-state index >= 15 is 0 Å². The van der Waals surface area contributed by atoms with Crippen LogP contribution in [0.5, 0.6) is 0 Å². The van der Waals surface area contributed by atoms with E-state index < -0.39 is 0 Å². The van der Waals surface area contributed by atoms with Crippen molar-refractivity contribution in [1.29, 1.82) is 0 Å². The average molecular weight is 299 g/mol. The SMILES string of the molecule is NCC1COC(c2cc(Br)c(Cl)s2)O1. The first-order valence-electron chi connectivity index (χ1n) is 4.12. The molecule has 1 aliphatic rings. The molecule has 2 atom stereocenters. The molecule has 14 heavy (non-hydrogen) atoms. The van der Waals surface area contributed by atoms with Crippen molar-refractivity contribution in [3.63, 3.8) is 0 Å². The Morgan fingerprint density at radius 1 is 1.71 bits per heavy atom. The highest BCUT2D eigenvalue weighted by Gasteiger charge is 2.28. The number of hydrogen-bond donors (Lipinski definition) is 1. The van der Waals surface area contributed by atoms with E-state index in [-0.39, 0.29) is 12.4 Å². The molecule has 6 heteroatoms. The van der Waals surface area contributed by atoms with E-state index in [9.17, 15) is 0 Å². The van der Waals surface area contributed by atoms with E-state index in [1.807, 2.05) is 6.07 Å². The maximum absolute atomic E-state index is 5.91. The Bertz CT molecular complexity index is 314. The summed E-state index contributed by atoms with van der Waals surface area (Å²) in [6.45, 7) is 1.03. The van der Waals surface area contributed by atoms with Crippen LogP contribution in [0, 0.1) is 0 Å². The Labute approximate surface area is 99.3 Å². The molecule has 0 radical (unpaired) electrons. The first kappa shape index (κ1) is 10.9. The van der Waals surface area contributed by atoms with E-state index in [0.717, 1.165) is 9.35 Å². The van der Waals surface area contributed by atoms with Crippen LogP contribution in [0.4, 0.5) is 0 Å². The van der Waals surface area contributed by atoms with Crippen LogP contribution in [-0.2, 0) is 9.47 Å². The molecule has 2 N–H and O–H groups in total. The van der Waals surface area contributed by atoms with Gasteiger partial charge in [0.05, 0.1) is 17.6 Å². The Kier molecular flexibility index (Phi) is 3.46. The lowest BCUT2D eigenvalue weighted by Gasteiger charge is -2.07. The number of hydrogen-bond acceptors (Lipinski definition) is 4. The van der Waals surface area contributed by atoms with Crippen molar-refractivity contribution in [2.24, 2.45) is 5.73 Å². The van der Waals surface area contributed by atoms with Crippen molar-refractivity contribution in [1.82, 2.24) is 0 Å². The molecule has 1 aromatic rings. The van der Waals surface area contributed by atoms with Crippen LogP contribution in [0.25, 0.3) is 0 Å². The number of halogens is 2. The lowest BCUT2D eigenvalue weighted by atomic mass is 10.4. The van der Waals surface area contributed by atoms with Gasteiger partial charge < -0.3 is 15.2 Å². The maximum Gasteiger partial charge on any atom is 0.193 e. The molecule has 0 amide bonds. The van der Waals surface area contributed by atoms with Crippen LogP contribution in [0.2, 0.25) is 4.34 Å². The molecular formula is C8H9BrClNO2S. The molecule has 2 rings (SSSR count). The summed E-state index contributed by atoms with van der Waals surface area (Å²) in [5.41, 5.74) is 5.47. The third kappa shape index (κ3) is 2.13. The summed E-state index contributed by atoms with van der Waals surface area (Å²) >= 11 is 10.7. The summed E-state index contributed by atoms with van der Waals surface area (Å²) in [7, 11) is 0. The lowest BCUT2D eigenvalue weighted by molar-refractivity contribution is -0.0559. The van der Waals surface area contributed by atoms with Crippen LogP contribution >= 0.6 is 38.9 Å². The molecule has 1 aliphatic heterocycles. The lowest BCUT2D eigenvalue weighted by Crippen LogP contribution is -2.21. The van der Waals surface area contributed by atoms with Crippen molar-refractivity contribution in [3.05, 3.63) is 19.8 Å². The number of thiophene rings is 1. The second-order valence-corrected chi connectivity index (χ2v) is 5.47. The van der Waals surface area contributed by atoms with Gasteiger partial charge in [0.25, 0.3) is 0 Å². The van der Waals surface area contributed by atoms with Crippen LogP contribution in [0.1, 0.15) is 11.2 Å². The molecule has 78 valence electrons. The standard InChI is InChI=1S/C8H9BrClNO2S/c9-5-1-6(14-7(5)10)8-12-3-4(2-11)13-8/h1,4,8H,2-3,11H2. The summed E-state index contributed by atoms with van der Waals surface area (Å²) in [6, 6.07) is 1.91. The monoisotopic (exact) mass is 297 g/mol. The molecule has 0 spiro atoms. The minimum atomic E-state index is -0.308. The van der Waals surface area contributed by atoms with Crippen molar-refractivity contribution < 1.29 is 9.47 Å². The zero-order valence-electron chi connectivity index (χ0n) is 7.20. The molecular weight excluding hydrogens is 290 g/mol. The quantitative estimate of drug-likeness (QED) is 0.912. The van der Waals surface area contributed by atoms with Gasteiger partial charge in [-0.25, -0.2) is 0 Å². The molecule has 0 aromatic carbocycles. The van der Waals surface area contributed by atoms with Crippen LogP contribution < -0.4 is 5.73 Å². The molecule has 0 bridgehead atoms. The second-order valence-electron chi connectivity index (χ2n) is 2.93. The minimum Gasteiger partial charge on any atom is -0.345 e. The summed E-state index contributed by atoms with van der Waals surface area (Å²) < 4.78 is 12.6. The van der Waals surface area contributed by atoms with Gasteiger partial charge in [-0.1, -0.05) is 11.6 Å². The molecule has 0 aliphatic carbocycles.